The van der Waals surface area contributed by atoms with Gasteiger partial charge in [0.25, 0.3) is 5.91 Å². The molecule has 1 aliphatic rings. The Hall–Kier alpha value is -4.20. The fourth-order valence-electron chi connectivity index (χ4n) is 4.23. The summed E-state index contributed by atoms with van der Waals surface area (Å²) in [6.45, 7) is 4.99. The smallest absolute Gasteiger partial charge is 0.411 e. The molecule has 0 bridgehead atoms. The minimum Gasteiger partial charge on any atom is -0.480 e. The van der Waals surface area contributed by atoms with Crippen LogP contribution in [0.3, 0.4) is 0 Å². The maximum absolute atomic E-state index is 12.8. The molecular formula is C27H27N3O5. The zero-order chi connectivity index (χ0) is 25.2. The Labute approximate surface area is 203 Å². The lowest BCUT2D eigenvalue weighted by Gasteiger charge is -2.34. The molecule has 8 heteroatoms. The average Bonchev–Trinajstić information content (AvgIpc) is 3.14. The molecule has 35 heavy (non-hydrogen) atoms. The highest BCUT2D eigenvalue weighted by Crippen LogP contribution is 2.44. The monoisotopic (exact) mass is 473 g/mol. The lowest BCUT2D eigenvalue weighted by molar-refractivity contribution is -0.138. The summed E-state index contributed by atoms with van der Waals surface area (Å²) in [5.41, 5.74) is 4.28. The number of ether oxygens (including phenoxy) is 1. The number of pyridine rings is 1. The van der Waals surface area contributed by atoms with Crippen LogP contribution in [0, 0.1) is 0 Å². The van der Waals surface area contributed by atoms with Crippen LogP contribution >= 0.6 is 0 Å². The molecule has 0 spiro atoms. The molecule has 0 aliphatic heterocycles. The number of rotatable bonds is 6. The van der Waals surface area contributed by atoms with Crippen molar-refractivity contribution in [3.8, 4) is 11.1 Å². The van der Waals surface area contributed by atoms with E-state index in [4.69, 9.17) is 9.84 Å². The molecule has 2 aromatic carbocycles. The van der Waals surface area contributed by atoms with Crippen LogP contribution in [0.4, 0.5) is 10.5 Å². The maximum atomic E-state index is 12.8. The van der Waals surface area contributed by atoms with Crippen LogP contribution in [-0.4, -0.2) is 51.7 Å². The number of carbonyl (C=O) groups excluding carboxylic acids is 2. The van der Waals surface area contributed by atoms with E-state index in [1.165, 1.54) is 23.2 Å². The van der Waals surface area contributed by atoms with Gasteiger partial charge in [-0.05, 0) is 55.2 Å². The van der Waals surface area contributed by atoms with Crippen molar-refractivity contribution in [2.75, 3.05) is 18.5 Å². The zero-order valence-electron chi connectivity index (χ0n) is 19.8. The molecule has 0 unspecified atom stereocenters. The Morgan fingerprint density at radius 2 is 1.57 bits per heavy atom. The summed E-state index contributed by atoms with van der Waals surface area (Å²) < 4.78 is 5.53. The summed E-state index contributed by atoms with van der Waals surface area (Å²) in [7, 11) is 0. The average molecular weight is 474 g/mol. The molecule has 0 atom stereocenters. The first-order valence-corrected chi connectivity index (χ1v) is 11.3. The van der Waals surface area contributed by atoms with Gasteiger partial charge < -0.3 is 14.7 Å². The lowest BCUT2D eigenvalue weighted by Crippen LogP contribution is -2.48. The number of anilines is 1. The quantitative estimate of drug-likeness (QED) is 0.534. The Kier molecular flexibility index (Phi) is 6.55. The number of nitrogens with one attached hydrogen (secondary N) is 1. The van der Waals surface area contributed by atoms with E-state index >= 15 is 0 Å². The van der Waals surface area contributed by atoms with Crippen molar-refractivity contribution in [2.24, 2.45) is 0 Å². The van der Waals surface area contributed by atoms with Crippen molar-refractivity contribution in [3.05, 3.63) is 83.7 Å². The van der Waals surface area contributed by atoms with E-state index in [1.54, 1.807) is 20.8 Å². The van der Waals surface area contributed by atoms with Gasteiger partial charge in [0.05, 0.1) is 11.9 Å². The fraction of sp³-hybridized carbons (Fsp3) is 0.259. The number of amides is 2. The molecule has 8 nitrogen and oxygen atoms in total. The van der Waals surface area contributed by atoms with E-state index in [0.717, 1.165) is 22.3 Å². The molecule has 2 N–H and O–H groups in total. The van der Waals surface area contributed by atoms with E-state index in [0.29, 0.717) is 5.69 Å². The lowest BCUT2D eigenvalue weighted by atomic mass is 9.98. The molecule has 0 radical (unpaired) electrons. The van der Waals surface area contributed by atoms with Crippen LogP contribution in [-0.2, 0) is 9.53 Å². The first-order chi connectivity index (χ1) is 16.6. The van der Waals surface area contributed by atoms with Gasteiger partial charge in [-0.25, -0.2) is 9.78 Å². The third-order valence-electron chi connectivity index (χ3n) is 5.92. The number of carbonyl (C=O) groups is 3. The summed E-state index contributed by atoms with van der Waals surface area (Å²) in [5, 5.41) is 11.8. The molecule has 1 heterocycles. The normalized spacial score (nSPS) is 12.4. The number of carboxylic acids is 1. The van der Waals surface area contributed by atoms with Crippen molar-refractivity contribution in [3.63, 3.8) is 0 Å². The molecule has 0 saturated carbocycles. The summed E-state index contributed by atoms with van der Waals surface area (Å²) >= 11 is 0. The van der Waals surface area contributed by atoms with E-state index in [9.17, 15) is 14.4 Å². The van der Waals surface area contributed by atoms with Gasteiger partial charge in [-0.1, -0.05) is 48.5 Å². The number of benzene rings is 2. The highest BCUT2D eigenvalue weighted by Gasteiger charge is 2.31. The van der Waals surface area contributed by atoms with Crippen molar-refractivity contribution < 1.29 is 24.2 Å². The van der Waals surface area contributed by atoms with Crippen molar-refractivity contribution in [1.29, 1.82) is 0 Å². The minimum atomic E-state index is -1.11. The number of nitrogens with zero attached hydrogens (tertiary/aromatic N) is 2. The van der Waals surface area contributed by atoms with E-state index in [2.05, 4.69) is 22.4 Å². The highest BCUT2D eigenvalue weighted by atomic mass is 16.5. The second kappa shape index (κ2) is 9.58. The summed E-state index contributed by atoms with van der Waals surface area (Å²) in [5.74, 6) is -1.67. The second-order valence-corrected chi connectivity index (χ2v) is 9.34. The number of hydrogen-bond acceptors (Lipinski definition) is 5. The molecule has 2 amide bonds. The molecule has 0 saturated heterocycles. The Bertz CT molecular complexity index is 1220. The molecule has 0 fully saturated rings. The van der Waals surface area contributed by atoms with Gasteiger partial charge in [0.1, 0.15) is 18.8 Å². The number of carboxylic acid groups (broad SMARTS) is 1. The predicted octanol–water partition coefficient (Wildman–Crippen LogP) is 4.77. The van der Waals surface area contributed by atoms with E-state index in [-0.39, 0.29) is 18.2 Å². The second-order valence-electron chi connectivity index (χ2n) is 9.34. The minimum absolute atomic E-state index is 0.0520. The van der Waals surface area contributed by atoms with Crippen LogP contribution in [0.25, 0.3) is 11.1 Å². The third-order valence-corrected chi connectivity index (χ3v) is 5.92. The number of aliphatic carboxylic acids is 1. The fourth-order valence-corrected chi connectivity index (χ4v) is 4.23. The van der Waals surface area contributed by atoms with Gasteiger partial charge in [0.2, 0.25) is 0 Å². The van der Waals surface area contributed by atoms with Gasteiger partial charge in [-0.15, -0.1) is 0 Å². The maximum Gasteiger partial charge on any atom is 0.411 e. The van der Waals surface area contributed by atoms with Crippen molar-refractivity contribution in [2.45, 2.75) is 32.2 Å². The van der Waals surface area contributed by atoms with Gasteiger partial charge in [0.15, 0.2) is 0 Å². The van der Waals surface area contributed by atoms with E-state index < -0.39 is 30.1 Å². The van der Waals surface area contributed by atoms with Gasteiger partial charge in [-0.2, -0.15) is 0 Å². The summed E-state index contributed by atoms with van der Waals surface area (Å²) in [6, 6.07) is 19.2. The highest BCUT2D eigenvalue weighted by molar-refractivity contribution is 5.95. The Morgan fingerprint density at radius 3 is 2.09 bits per heavy atom. The first-order valence-electron chi connectivity index (χ1n) is 11.3. The third kappa shape index (κ3) is 5.16. The zero-order valence-corrected chi connectivity index (χ0v) is 19.8. The molecule has 3 aromatic rings. The molecule has 4 rings (SSSR count). The molecule has 1 aliphatic carbocycles. The SMILES string of the molecule is CC(C)(C)N(CC(=O)O)C(=O)c1ccc(NC(=O)OCC2c3ccccc3-c3ccccc32)cn1. The standard InChI is InChI=1S/C27H27N3O5/c1-27(2,3)30(15-24(31)32)25(33)23-13-12-17(14-28-23)29-26(34)35-16-22-20-10-6-4-8-18(20)19-9-5-7-11-21(19)22/h4-14,22H,15-16H2,1-3H3,(H,29,34)(H,31,32). The van der Waals surface area contributed by atoms with Crippen LogP contribution in [0.15, 0.2) is 66.9 Å². The van der Waals surface area contributed by atoms with Crippen LogP contribution in [0.5, 0.6) is 0 Å². The summed E-state index contributed by atoms with van der Waals surface area (Å²) in [6.07, 6.45) is 0.714. The topological polar surface area (TPSA) is 109 Å². The van der Waals surface area contributed by atoms with Crippen LogP contribution in [0.2, 0.25) is 0 Å². The summed E-state index contributed by atoms with van der Waals surface area (Å²) in [4.78, 5) is 41.8. The number of aromatic nitrogens is 1. The largest absolute Gasteiger partial charge is 0.480 e. The van der Waals surface area contributed by atoms with Crippen LogP contribution < -0.4 is 5.32 Å². The van der Waals surface area contributed by atoms with Crippen LogP contribution in [0.1, 0.15) is 48.3 Å². The Balaban J connectivity index is 1.40. The number of hydrogen-bond donors (Lipinski definition) is 2. The molecule has 180 valence electrons. The number of fused-ring (bicyclic) bond motifs is 3. The van der Waals surface area contributed by atoms with Crippen molar-refractivity contribution >= 4 is 23.7 Å². The van der Waals surface area contributed by atoms with Gasteiger partial charge in [-0.3, -0.25) is 14.9 Å². The predicted molar refractivity (Wildman–Crippen MR) is 131 cm³/mol. The van der Waals surface area contributed by atoms with Gasteiger partial charge >= 0.3 is 12.1 Å². The molecular weight excluding hydrogens is 446 g/mol. The van der Waals surface area contributed by atoms with Crippen molar-refractivity contribution in [1.82, 2.24) is 9.88 Å². The Morgan fingerprint density at radius 1 is 0.971 bits per heavy atom. The van der Waals surface area contributed by atoms with Gasteiger partial charge in [0, 0.05) is 11.5 Å². The molecule has 1 aromatic heterocycles. The first kappa shape index (κ1) is 23.9. The van der Waals surface area contributed by atoms with E-state index in [1.807, 2.05) is 36.4 Å².